The van der Waals surface area contributed by atoms with Crippen LogP contribution in [-0.2, 0) is 20.7 Å². The first-order chi connectivity index (χ1) is 12.4. The molecule has 1 aromatic rings. The first kappa shape index (κ1) is 16.7. The number of imide groups is 2. The Hall–Kier alpha value is -2.74. The predicted octanol–water partition coefficient (Wildman–Crippen LogP) is 0.297. The summed E-state index contributed by atoms with van der Waals surface area (Å²) in [4.78, 5) is 53.8. The van der Waals surface area contributed by atoms with Crippen molar-refractivity contribution in [2.24, 2.45) is 5.41 Å². The van der Waals surface area contributed by atoms with E-state index in [1.807, 2.05) is 11.0 Å². The predicted molar refractivity (Wildman–Crippen MR) is 90.9 cm³/mol. The van der Waals surface area contributed by atoms with Gasteiger partial charge in [-0.2, -0.15) is 0 Å². The Bertz CT molecular complexity index is 812. The van der Waals surface area contributed by atoms with Crippen molar-refractivity contribution in [3.63, 3.8) is 0 Å². The highest BCUT2D eigenvalue weighted by atomic mass is 16.5. The van der Waals surface area contributed by atoms with Gasteiger partial charge in [0, 0.05) is 31.9 Å². The van der Waals surface area contributed by atoms with Crippen molar-refractivity contribution < 1.29 is 23.9 Å². The van der Waals surface area contributed by atoms with Crippen molar-refractivity contribution in [1.82, 2.24) is 9.80 Å². The van der Waals surface area contributed by atoms with Crippen molar-refractivity contribution in [2.75, 3.05) is 38.8 Å². The molecule has 0 bridgehead atoms. The standard InChI is InChI=1S/C18H19N3O5/c1-19-15(23)18(16(24)20(2)17(19)25)8-12-7-11(9-22)3-4-13(12)21-5-6-26-10-14(18)21/h3-4,7,9,14H,5-6,8,10H2,1-2H3/t14-/m1/s1. The fourth-order valence-corrected chi connectivity index (χ4v) is 4.34. The molecule has 0 radical (unpaired) electrons. The molecule has 26 heavy (non-hydrogen) atoms. The number of hydrogen-bond acceptors (Lipinski definition) is 6. The highest BCUT2D eigenvalue weighted by Crippen LogP contribution is 2.46. The van der Waals surface area contributed by atoms with Gasteiger partial charge in [-0.3, -0.25) is 24.2 Å². The Balaban J connectivity index is 1.92. The van der Waals surface area contributed by atoms with Gasteiger partial charge in [-0.05, 0) is 30.2 Å². The van der Waals surface area contributed by atoms with Crippen molar-refractivity contribution >= 4 is 29.8 Å². The van der Waals surface area contributed by atoms with E-state index in [9.17, 15) is 19.2 Å². The summed E-state index contributed by atoms with van der Waals surface area (Å²) in [5.74, 6) is -1.04. The largest absolute Gasteiger partial charge is 0.377 e. The molecule has 1 spiro atoms. The van der Waals surface area contributed by atoms with E-state index in [0.29, 0.717) is 18.7 Å². The van der Waals surface area contributed by atoms with Crippen molar-refractivity contribution in [3.05, 3.63) is 29.3 Å². The second kappa shape index (κ2) is 5.63. The molecule has 0 aromatic heterocycles. The first-order valence-electron chi connectivity index (χ1n) is 8.44. The zero-order chi connectivity index (χ0) is 18.6. The lowest BCUT2D eigenvalue weighted by atomic mass is 9.68. The van der Waals surface area contributed by atoms with Crippen LogP contribution < -0.4 is 4.90 Å². The maximum atomic E-state index is 13.2. The summed E-state index contributed by atoms with van der Waals surface area (Å²) >= 11 is 0. The Kier molecular flexibility index (Phi) is 3.62. The van der Waals surface area contributed by atoms with E-state index in [1.165, 1.54) is 14.1 Å². The number of rotatable bonds is 1. The zero-order valence-electron chi connectivity index (χ0n) is 14.6. The average Bonchev–Trinajstić information content (AvgIpc) is 2.68. The number of fused-ring (bicyclic) bond motifs is 4. The Morgan fingerprint density at radius 2 is 1.85 bits per heavy atom. The third-order valence-electron chi connectivity index (χ3n) is 5.66. The third-order valence-corrected chi connectivity index (χ3v) is 5.66. The lowest BCUT2D eigenvalue weighted by Gasteiger charge is -2.54. The van der Waals surface area contributed by atoms with Crippen LogP contribution in [0.2, 0.25) is 0 Å². The Labute approximate surface area is 150 Å². The summed E-state index contributed by atoms with van der Waals surface area (Å²) in [6.45, 7) is 1.23. The third kappa shape index (κ3) is 1.99. The number of nitrogens with zero attached hydrogens (tertiary/aromatic N) is 3. The van der Waals surface area contributed by atoms with Gasteiger partial charge in [0.1, 0.15) is 6.29 Å². The Morgan fingerprint density at radius 3 is 2.50 bits per heavy atom. The van der Waals surface area contributed by atoms with Crippen molar-refractivity contribution in [1.29, 1.82) is 0 Å². The van der Waals surface area contributed by atoms with E-state index < -0.39 is 29.3 Å². The minimum absolute atomic E-state index is 0.133. The number of morpholine rings is 1. The van der Waals surface area contributed by atoms with Crippen LogP contribution >= 0.6 is 0 Å². The molecule has 3 aliphatic rings. The molecule has 0 unspecified atom stereocenters. The molecule has 3 heterocycles. The van der Waals surface area contributed by atoms with E-state index >= 15 is 0 Å². The SMILES string of the molecule is CN1C(=O)N(C)C(=O)C2(Cc3cc(C=O)ccc3N3CCOC[C@@H]32)C1=O. The summed E-state index contributed by atoms with van der Waals surface area (Å²) in [7, 11) is 2.78. The molecule has 4 amide bonds. The first-order valence-corrected chi connectivity index (χ1v) is 8.44. The Morgan fingerprint density at radius 1 is 1.15 bits per heavy atom. The average molecular weight is 357 g/mol. The van der Waals surface area contributed by atoms with Crippen LogP contribution in [0.25, 0.3) is 0 Å². The fourth-order valence-electron chi connectivity index (χ4n) is 4.34. The van der Waals surface area contributed by atoms with Crippen LogP contribution in [0.15, 0.2) is 18.2 Å². The molecule has 136 valence electrons. The molecule has 2 saturated heterocycles. The number of carbonyl (C=O) groups is 4. The maximum absolute atomic E-state index is 13.2. The van der Waals surface area contributed by atoms with Crippen LogP contribution in [0.5, 0.6) is 0 Å². The molecule has 0 N–H and O–H groups in total. The number of anilines is 1. The number of barbiturate groups is 1. The second-order valence-corrected chi connectivity index (χ2v) is 6.95. The molecule has 0 saturated carbocycles. The van der Waals surface area contributed by atoms with E-state index in [2.05, 4.69) is 0 Å². The highest BCUT2D eigenvalue weighted by Gasteiger charge is 2.63. The summed E-state index contributed by atoms with van der Waals surface area (Å²) in [5.41, 5.74) is 0.703. The molecule has 8 nitrogen and oxygen atoms in total. The van der Waals surface area contributed by atoms with E-state index in [4.69, 9.17) is 4.74 Å². The van der Waals surface area contributed by atoms with Gasteiger partial charge in [0.2, 0.25) is 11.8 Å². The summed E-state index contributed by atoms with van der Waals surface area (Å²) in [5, 5.41) is 0. The number of hydrogen-bond donors (Lipinski definition) is 0. The summed E-state index contributed by atoms with van der Waals surface area (Å²) in [6.07, 6.45) is 0.874. The van der Waals surface area contributed by atoms with Gasteiger partial charge < -0.3 is 9.64 Å². The zero-order valence-corrected chi connectivity index (χ0v) is 14.6. The normalized spacial score (nSPS) is 24.6. The minimum atomic E-state index is -1.44. The molecule has 2 fully saturated rings. The summed E-state index contributed by atoms with van der Waals surface area (Å²) in [6, 6.07) is 4.15. The molecule has 4 rings (SSSR count). The smallest absolute Gasteiger partial charge is 0.332 e. The van der Waals surface area contributed by atoms with Crippen LogP contribution in [0, 0.1) is 5.41 Å². The van der Waals surface area contributed by atoms with E-state index in [0.717, 1.165) is 27.3 Å². The number of aldehydes is 1. The van der Waals surface area contributed by atoms with E-state index in [-0.39, 0.29) is 13.0 Å². The molecule has 1 aromatic carbocycles. The van der Waals surface area contributed by atoms with Crippen molar-refractivity contribution in [2.45, 2.75) is 12.5 Å². The quantitative estimate of drug-likeness (QED) is 0.531. The van der Waals surface area contributed by atoms with E-state index in [1.54, 1.807) is 12.1 Å². The van der Waals surface area contributed by atoms with Gasteiger partial charge in [-0.1, -0.05) is 0 Å². The molecule has 8 heteroatoms. The van der Waals surface area contributed by atoms with Crippen LogP contribution in [0.1, 0.15) is 15.9 Å². The second-order valence-electron chi connectivity index (χ2n) is 6.95. The summed E-state index contributed by atoms with van der Waals surface area (Å²) < 4.78 is 5.60. The molecule has 1 atom stereocenters. The lowest BCUT2D eigenvalue weighted by molar-refractivity contribution is -0.161. The van der Waals surface area contributed by atoms with Crippen LogP contribution in [0.4, 0.5) is 10.5 Å². The van der Waals surface area contributed by atoms with Gasteiger partial charge in [0.05, 0.1) is 19.3 Å². The van der Waals surface area contributed by atoms with Crippen LogP contribution in [-0.4, -0.2) is 73.8 Å². The fraction of sp³-hybridized carbons (Fsp3) is 0.444. The molecule has 0 aliphatic carbocycles. The van der Waals surface area contributed by atoms with Gasteiger partial charge in [-0.25, -0.2) is 4.79 Å². The van der Waals surface area contributed by atoms with Gasteiger partial charge in [0.15, 0.2) is 5.41 Å². The molecular weight excluding hydrogens is 338 g/mol. The van der Waals surface area contributed by atoms with Crippen LogP contribution in [0.3, 0.4) is 0 Å². The number of urea groups is 1. The monoisotopic (exact) mass is 357 g/mol. The highest BCUT2D eigenvalue weighted by molar-refractivity contribution is 6.20. The number of amides is 4. The minimum Gasteiger partial charge on any atom is -0.377 e. The number of ether oxygens (including phenoxy) is 1. The molecular formula is C18H19N3O5. The van der Waals surface area contributed by atoms with Gasteiger partial charge >= 0.3 is 6.03 Å². The number of benzene rings is 1. The van der Waals surface area contributed by atoms with Gasteiger partial charge in [0.25, 0.3) is 0 Å². The topological polar surface area (TPSA) is 87.2 Å². The van der Waals surface area contributed by atoms with Gasteiger partial charge in [-0.15, -0.1) is 0 Å². The number of carbonyl (C=O) groups excluding carboxylic acids is 4. The lowest BCUT2D eigenvalue weighted by Crippen LogP contribution is -2.73. The van der Waals surface area contributed by atoms with Crippen molar-refractivity contribution in [3.8, 4) is 0 Å². The molecule has 3 aliphatic heterocycles. The maximum Gasteiger partial charge on any atom is 0.332 e.